The van der Waals surface area contributed by atoms with Crippen LogP contribution >= 0.6 is 11.8 Å². The predicted molar refractivity (Wildman–Crippen MR) is 90.2 cm³/mol. The number of hydrogen-bond acceptors (Lipinski definition) is 5. The molecule has 0 atom stereocenters. The second kappa shape index (κ2) is 7.64. The van der Waals surface area contributed by atoms with Crippen LogP contribution < -0.4 is 10.1 Å². The van der Waals surface area contributed by atoms with E-state index in [0.29, 0.717) is 5.69 Å². The summed E-state index contributed by atoms with van der Waals surface area (Å²) in [6.45, 7) is 2.00. The van der Waals surface area contributed by atoms with Crippen molar-refractivity contribution >= 4 is 29.0 Å². The predicted octanol–water partition coefficient (Wildman–Crippen LogP) is 3.64. The number of nitrogens with one attached hydrogen (secondary N) is 1. The number of nitro benzene ring substituents is 1. The van der Waals surface area contributed by atoms with E-state index in [1.165, 1.54) is 37.1 Å². The fraction of sp³-hybridized carbons (Fsp3) is 0.188. The zero-order valence-corrected chi connectivity index (χ0v) is 13.6. The molecule has 0 aliphatic carbocycles. The van der Waals surface area contributed by atoms with Gasteiger partial charge in [-0.15, -0.1) is 11.8 Å². The summed E-state index contributed by atoms with van der Waals surface area (Å²) in [5.74, 6) is 0.174. The molecular formula is C16H16N2O4S. The Bertz CT molecular complexity index is 717. The Morgan fingerprint density at radius 1 is 1.26 bits per heavy atom. The van der Waals surface area contributed by atoms with E-state index in [9.17, 15) is 14.9 Å². The van der Waals surface area contributed by atoms with Gasteiger partial charge in [0.1, 0.15) is 0 Å². The van der Waals surface area contributed by atoms with Crippen LogP contribution in [0, 0.1) is 17.0 Å². The average Bonchev–Trinajstić information content (AvgIpc) is 2.54. The highest BCUT2D eigenvalue weighted by Crippen LogP contribution is 2.29. The number of aryl methyl sites for hydroxylation is 1. The third-order valence-corrected chi connectivity index (χ3v) is 4.06. The van der Waals surface area contributed by atoms with Gasteiger partial charge in [0.15, 0.2) is 5.75 Å². The molecule has 0 saturated carbocycles. The number of rotatable bonds is 6. The van der Waals surface area contributed by atoms with Gasteiger partial charge in [-0.1, -0.05) is 17.7 Å². The van der Waals surface area contributed by atoms with E-state index in [0.717, 1.165) is 10.5 Å². The van der Waals surface area contributed by atoms with Gasteiger partial charge in [0, 0.05) is 22.7 Å². The van der Waals surface area contributed by atoms with Crippen LogP contribution in [0.4, 0.5) is 11.4 Å². The van der Waals surface area contributed by atoms with Crippen LogP contribution in [0.1, 0.15) is 5.56 Å². The topological polar surface area (TPSA) is 81.5 Å². The van der Waals surface area contributed by atoms with E-state index < -0.39 is 4.92 Å². The third-order valence-electron chi connectivity index (χ3n) is 3.05. The van der Waals surface area contributed by atoms with Crippen molar-refractivity contribution in [1.29, 1.82) is 0 Å². The summed E-state index contributed by atoms with van der Waals surface area (Å²) < 4.78 is 4.97. The van der Waals surface area contributed by atoms with E-state index in [1.54, 1.807) is 0 Å². The van der Waals surface area contributed by atoms with Crippen molar-refractivity contribution in [3.63, 3.8) is 0 Å². The van der Waals surface area contributed by atoms with Crippen molar-refractivity contribution in [2.45, 2.75) is 11.8 Å². The van der Waals surface area contributed by atoms with Gasteiger partial charge in [0.25, 0.3) is 0 Å². The van der Waals surface area contributed by atoms with Crippen LogP contribution in [0.5, 0.6) is 5.75 Å². The number of methoxy groups -OCH3 is 1. The molecule has 0 heterocycles. The van der Waals surface area contributed by atoms with Crippen molar-refractivity contribution < 1.29 is 14.5 Å². The maximum atomic E-state index is 12.0. The summed E-state index contributed by atoms with van der Waals surface area (Å²) in [4.78, 5) is 23.3. The SMILES string of the molecule is COc1cc(NC(=O)CSc2ccc(C)cc2)ccc1[N+](=O)[O-]. The molecular weight excluding hydrogens is 316 g/mol. The molecule has 0 aromatic heterocycles. The highest BCUT2D eigenvalue weighted by atomic mass is 32.2. The van der Waals surface area contributed by atoms with Gasteiger partial charge in [-0.2, -0.15) is 0 Å². The summed E-state index contributed by atoms with van der Waals surface area (Å²) in [7, 11) is 1.35. The largest absolute Gasteiger partial charge is 0.490 e. The Hall–Kier alpha value is -2.54. The Morgan fingerprint density at radius 3 is 2.57 bits per heavy atom. The van der Waals surface area contributed by atoms with Gasteiger partial charge in [0.05, 0.1) is 17.8 Å². The number of thioether (sulfide) groups is 1. The van der Waals surface area contributed by atoms with Crippen molar-refractivity contribution in [2.24, 2.45) is 0 Å². The van der Waals surface area contributed by atoms with Gasteiger partial charge in [-0.25, -0.2) is 0 Å². The van der Waals surface area contributed by atoms with Gasteiger partial charge in [-0.3, -0.25) is 14.9 Å². The fourth-order valence-electron chi connectivity index (χ4n) is 1.89. The Kier molecular flexibility index (Phi) is 5.59. The molecule has 0 aliphatic rings. The van der Waals surface area contributed by atoms with Gasteiger partial charge < -0.3 is 10.1 Å². The molecule has 0 spiro atoms. The zero-order chi connectivity index (χ0) is 16.8. The Labute approximate surface area is 138 Å². The molecule has 0 radical (unpaired) electrons. The molecule has 2 aromatic carbocycles. The number of amides is 1. The van der Waals surface area contributed by atoms with Crippen LogP contribution in [-0.4, -0.2) is 23.7 Å². The maximum absolute atomic E-state index is 12.0. The third kappa shape index (κ3) is 4.72. The van der Waals surface area contributed by atoms with E-state index in [1.807, 2.05) is 31.2 Å². The second-order valence-corrected chi connectivity index (χ2v) is 5.84. The molecule has 0 fully saturated rings. The van der Waals surface area contributed by atoms with Crippen LogP contribution in [0.25, 0.3) is 0 Å². The summed E-state index contributed by atoms with van der Waals surface area (Å²) in [6.07, 6.45) is 0. The lowest BCUT2D eigenvalue weighted by molar-refractivity contribution is -0.385. The number of ether oxygens (including phenoxy) is 1. The van der Waals surface area contributed by atoms with Gasteiger partial charge in [-0.05, 0) is 25.1 Å². The number of nitrogens with zero attached hydrogens (tertiary/aromatic N) is 1. The number of anilines is 1. The minimum atomic E-state index is -0.530. The molecule has 6 nitrogen and oxygen atoms in total. The normalized spacial score (nSPS) is 10.2. The van der Waals surface area contributed by atoms with Crippen LogP contribution in [0.2, 0.25) is 0 Å². The first kappa shape index (κ1) is 16.8. The summed E-state index contributed by atoms with van der Waals surface area (Å²) in [5, 5.41) is 13.5. The van der Waals surface area contributed by atoms with Gasteiger partial charge in [0.2, 0.25) is 5.91 Å². The number of carbonyl (C=O) groups is 1. The first-order valence-electron chi connectivity index (χ1n) is 6.81. The van der Waals surface area contributed by atoms with E-state index in [2.05, 4.69) is 5.32 Å². The summed E-state index contributed by atoms with van der Waals surface area (Å²) in [5.41, 5.74) is 1.48. The van der Waals surface area contributed by atoms with Crippen molar-refractivity contribution in [1.82, 2.24) is 0 Å². The summed E-state index contributed by atoms with van der Waals surface area (Å²) in [6, 6.07) is 12.1. The molecule has 0 bridgehead atoms. The molecule has 1 N–H and O–H groups in total. The monoisotopic (exact) mass is 332 g/mol. The average molecular weight is 332 g/mol. The number of benzene rings is 2. The smallest absolute Gasteiger partial charge is 0.311 e. The number of hydrogen-bond donors (Lipinski definition) is 1. The quantitative estimate of drug-likeness (QED) is 0.496. The standard InChI is InChI=1S/C16H16N2O4S/c1-11-3-6-13(7-4-11)23-10-16(19)17-12-5-8-14(18(20)21)15(9-12)22-2/h3-9H,10H2,1-2H3,(H,17,19). The number of carbonyl (C=O) groups excluding carboxylic acids is 1. The molecule has 23 heavy (non-hydrogen) atoms. The molecule has 2 aromatic rings. The lowest BCUT2D eigenvalue weighted by atomic mass is 10.2. The first-order chi connectivity index (χ1) is 11.0. The second-order valence-electron chi connectivity index (χ2n) is 4.79. The molecule has 120 valence electrons. The first-order valence-corrected chi connectivity index (χ1v) is 7.80. The molecule has 0 saturated heterocycles. The maximum Gasteiger partial charge on any atom is 0.311 e. The molecule has 7 heteroatoms. The minimum Gasteiger partial charge on any atom is -0.490 e. The van der Waals surface area contributed by atoms with Crippen molar-refractivity contribution in [2.75, 3.05) is 18.2 Å². The lowest BCUT2D eigenvalue weighted by Gasteiger charge is -2.07. The van der Waals surface area contributed by atoms with E-state index in [-0.39, 0.29) is 23.1 Å². The molecule has 0 unspecified atom stereocenters. The highest BCUT2D eigenvalue weighted by Gasteiger charge is 2.15. The minimum absolute atomic E-state index is 0.110. The van der Waals surface area contributed by atoms with E-state index in [4.69, 9.17) is 4.74 Å². The van der Waals surface area contributed by atoms with Crippen LogP contribution in [-0.2, 0) is 4.79 Å². The van der Waals surface area contributed by atoms with Crippen molar-refractivity contribution in [3.8, 4) is 5.75 Å². The number of nitro groups is 1. The fourth-order valence-corrected chi connectivity index (χ4v) is 2.59. The Morgan fingerprint density at radius 2 is 1.96 bits per heavy atom. The molecule has 1 amide bonds. The molecule has 2 rings (SSSR count). The zero-order valence-electron chi connectivity index (χ0n) is 12.7. The highest BCUT2D eigenvalue weighted by molar-refractivity contribution is 8.00. The molecule has 0 aliphatic heterocycles. The lowest BCUT2D eigenvalue weighted by Crippen LogP contribution is -2.14. The Balaban J connectivity index is 1.97. The van der Waals surface area contributed by atoms with Crippen molar-refractivity contribution in [3.05, 3.63) is 58.1 Å². The van der Waals surface area contributed by atoms with Crippen LogP contribution in [0.15, 0.2) is 47.4 Å². The van der Waals surface area contributed by atoms with Gasteiger partial charge >= 0.3 is 5.69 Å². The summed E-state index contributed by atoms with van der Waals surface area (Å²) >= 11 is 1.42. The van der Waals surface area contributed by atoms with Crippen LogP contribution in [0.3, 0.4) is 0 Å². The van der Waals surface area contributed by atoms with E-state index >= 15 is 0 Å².